The summed E-state index contributed by atoms with van der Waals surface area (Å²) in [6.45, 7) is 8.60. The summed E-state index contributed by atoms with van der Waals surface area (Å²) in [5.41, 5.74) is -0.557. The van der Waals surface area contributed by atoms with Crippen molar-refractivity contribution in [3.63, 3.8) is 0 Å². The van der Waals surface area contributed by atoms with Crippen molar-refractivity contribution >= 4 is 28.5 Å². The molecule has 0 unspecified atom stereocenters. The fourth-order valence-corrected chi connectivity index (χ4v) is 1.83. The molecule has 4 nitrogen and oxygen atoms in total. The second kappa shape index (κ2) is 5.29. The summed E-state index contributed by atoms with van der Waals surface area (Å²) in [5.74, 6) is 0. The molecule has 1 rings (SSSR count). The summed E-state index contributed by atoms with van der Waals surface area (Å²) in [4.78, 5) is 4.16. The SMILES string of the molecule is Cc1cc(B(O)OC(C)(C)C(C)(C)O)cc(Br)n1. The topological polar surface area (TPSA) is 62.6 Å². The summed E-state index contributed by atoms with van der Waals surface area (Å²) in [5, 5.41) is 20.1. The Hall–Kier alpha value is -0.425. The van der Waals surface area contributed by atoms with E-state index in [-0.39, 0.29) is 0 Å². The fourth-order valence-electron chi connectivity index (χ4n) is 1.29. The Kier molecular flexibility index (Phi) is 4.59. The Morgan fingerprint density at radius 2 is 1.83 bits per heavy atom. The van der Waals surface area contributed by atoms with Gasteiger partial charge in [-0.25, -0.2) is 4.98 Å². The van der Waals surface area contributed by atoms with Gasteiger partial charge >= 0.3 is 7.12 Å². The maximum atomic E-state index is 10.1. The van der Waals surface area contributed by atoms with Crippen LogP contribution in [0, 0.1) is 6.92 Å². The Bertz CT molecular complexity index is 412. The number of hydrogen-bond donors (Lipinski definition) is 2. The van der Waals surface area contributed by atoms with Crippen LogP contribution in [0.15, 0.2) is 16.7 Å². The van der Waals surface area contributed by atoms with Gasteiger partial charge in [0.2, 0.25) is 0 Å². The molecule has 0 spiro atoms. The lowest BCUT2D eigenvalue weighted by Crippen LogP contribution is -2.53. The van der Waals surface area contributed by atoms with E-state index in [2.05, 4.69) is 20.9 Å². The van der Waals surface area contributed by atoms with Gasteiger partial charge in [0, 0.05) is 5.69 Å². The second-order valence-electron chi connectivity index (χ2n) is 5.40. The molecule has 0 bridgehead atoms. The Morgan fingerprint density at radius 1 is 1.28 bits per heavy atom. The summed E-state index contributed by atoms with van der Waals surface area (Å²) in [7, 11) is -1.11. The van der Waals surface area contributed by atoms with Crippen LogP contribution in [0.5, 0.6) is 0 Å². The minimum atomic E-state index is -1.11. The third-order valence-electron chi connectivity index (χ3n) is 3.11. The summed E-state index contributed by atoms with van der Waals surface area (Å²) in [6, 6.07) is 3.44. The highest BCUT2D eigenvalue weighted by Crippen LogP contribution is 2.25. The lowest BCUT2D eigenvalue weighted by molar-refractivity contribution is -0.0982. The van der Waals surface area contributed by atoms with Crippen molar-refractivity contribution in [2.75, 3.05) is 0 Å². The average Bonchev–Trinajstić information content (AvgIpc) is 2.13. The van der Waals surface area contributed by atoms with Gasteiger partial charge in [-0.15, -0.1) is 0 Å². The molecule has 100 valence electrons. The highest BCUT2D eigenvalue weighted by Gasteiger charge is 2.39. The van der Waals surface area contributed by atoms with Gasteiger partial charge in [-0.05, 0) is 68.1 Å². The normalized spacial score (nSPS) is 12.7. The van der Waals surface area contributed by atoms with Gasteiger partial charge in [0.1, 0.15) is 4.60 Å². The van der Waals surface area contributed by atoms with Crippen molar-refractivity contribution in [3.8, 4) is 0 Å². The van der Waals surface area contributed by atoms with Crippen LogP contribution in [0.3, 0.4) is 0 Å². The van der Waals surface area contributed by atoms with Crippen LogP contribution < -0.4 is 5.46 Å². The van der Waals surface area contributed by atoms with E-state index in [1.165, 1.54) is 0 Å². The third-order valence-corrected chi connectivity index (χ3v) is 3.52. The molecular weight excluding hydrogens is 297 g/mol. The first-order valence-corrected chi connectivity index (χ1v) is 6.54. The van der Waals surface area contributed by atoms with E-state index in [9.17, 15) is 10.1 Å². The van der Waals surface area contributed by atoms with Crippen molar-refractivity contribution in [3.05, 3.63) is 22.4 Å². The van der Waals surface area contributed by atoms with Gasteiger partial charge in [-0.3, -0.25) is 0 Å². The van der Waals surface area contributed by atoms with Crippen LogP contribution >= 0.6 is 15.9 Å². The fraction of sp³-hybridized carbons (Fsp3) is 0.583. The minimum Gasteiger partial charge on any atom is -0.423 e. The zero-order valence-corrected chi connectivity index (χ0v) is 12.9. The maximum absolute atomic E-state index is 10.1. The molecular formula is C12H19BBrNO3. The second-order valence-corrected chi connectivity index (χ2v) is 6.22. The van der Waals surface area contributed by atoms with Crippen molar-refractivity contribution in [1.29, 1.82) is 0 Å². The summed E-state index contributed by atoms with van der Waals surface area (Å²) >= 11 is 3.27. The van der Waals surface area contributed by atoms with Gasteiger partial charge < -0.3 is 14.8 Å². The Labute approximate surface area is 117 Å². The molecule has 1 aromatic heterocycles. The lowest BCUT2D eigenvalue weighted by Gasteiger charge is -2.38. The van der Waals surface area contributed by atoms with E-state index in [0.29, 0.717) is 10.1 Å². The highest BCUT2D eigenvalue weighted by molar-refractivity contribution is 9.10. The van der Waals surface area contributed by atoms with E-state index >= 15 is 0 Å². The number of pyridine rings is 1. The minimum absolute atomic E-state index is 0.603. The monoisotopic (exact) mass is 315 g/mol. The number of aromatic nitrogens is 1. The molecule has 0 fully saturated rings. The van der Waals surface area contributed by atoms with Crippen LogP contribution in [0.1, 0.15) is 33.4 Å². The number of aliphatic hydroxyl groups is 1. The number of halogens is 1. The Balaban J connectivity index is 2.92. The average molecular weight is 316 g/mol. The van der Waals surface area contributed by atoms with E-state index in [4.69, 9.17) is 4.65 Å². The molecule has 0 saturated heterocycles. The molecule has 0 saturated carbocycles. The molecule has 1 heterocycles. The van der Waals surface area contributed by atoms with Gasteiger partial charge in [0.05, 0.1) is 11.2 Å². The largest absolute Gasteiger partial charge is 0.491 e. The van der Waals surface area contributed by atoms with Crippen LogP contribution in [0.25, 0.3) is 0 Å². The summed E-state index contributed by atoms with van der Waals surface area (Å²) < 4.78 is 6.20. The van der Waals surface area contributed by atoms with Crippen molar-refractivity contribution in [2.24, 2.45) is 0 Å². The maximum Gasteiger partial charge on any atom is 0.491 e. The van der Waals surface area contributed by atoms with E-state index in [1.807, 2.05) is 6.92 Å². The molecule has 0 aliphatic rings. The van der Waals surface area contributed by atoms with E-state index < -0.39 is 18.3 Å². The van der Waals surface area contributed by atoms with Crippen LogP contribution in [-0.2, 0) is 4.65 Å². The molecule has 0 radical (unpaired) electrons. The van der Waals surface area contributed by atoms with Crippen LogP contribution in [-0.4, -0.2) is 33.4 Å². The van der Waals surface area contributed by atoms with Crippen molar-refractivity contribution < 1.29 is 14.8 Å². The van der Waals surface area contributed by atoms with Gasteiger partial charge in [0.25, 0.3) is 0 Å². The molecule has 2 N–H and O–H groups in total. The first-order chi connectivity index (χ1) is 8.03. The number of nitrogens with zero attached hydrogens (tertiary/aromatic N) is 1. The van der Waals surface area contributed by atoms with E-state index in [1.54, 1.807) is 39.8 Å². The zero-order chi connectivity index (χ0) is 14.1. The quantitative estimate of drug-likeness (QED) is 0.651. The number of hydrogen-bond acceptors (Lipinski definition) is 4. The van der Waals surface area contributed by atoms with Crippen molar-refractivity contribution in [2.45, 2.75) is 45.8 Å². The predicted octanol–water partition coefficient (Wildman–Crippen LogP) is 1.41. The van der Waals surface area contributed by atoms with Gasteiger partial charge in [-0.2, -0.15) is 0 Å². The molecule has 18 heavy (non-hydrogen) atoms. The molecule has 0 amide bonds. The standard InChI is InChI=1S/C12H19BBrNO3/c1-8-6-9(7-10(14)15-8)13(17)18-12(4,5)11(2,3)16/h6-7,16-17H,1-5H3. The van der Waals surface area contributed by atoms with Crippen LogP contribution in [0.4, 0.5) is 0 Å². The molecule has 0 aliphatic carbocycles. The first-order valence-electron chi connectivity index (χ1n) is 5.75. The molecule has 0 atom stereocenters. The lowest BCUT2D eigenvalue weighted by atomic mass is 9.77. The smallest absolute Gasteiger partial charge is 0.423 e. The number of aryl methyl sites for hydroxylation is 1. The van der Waals surface area contributed by atoms with Gasteiger partial charge in [-0.1, -0.05) is 0 Å². The van der Waals surface area contributed by atoms with E-state index in [0.717, 1.165) is 5.69 Å². The third kappa shape index (κ3) is 3.78. The molecule has 6 heteroatoms. The van der Waals surface area contributed by atoms with Crippen LogP contribution in [0.2, 0.25) is 0 Å². The Morgan fingerprint density at radius 3 is 2.28 bits per heavy atom. The van der Waals surface area contributed by atoms with Gasteiger partial charge in [0.15, 0.2) is 0 Å². The number of rotatable bonds is 4. The zero-order valence-electron chi connectivity index (χ0n) is 11.4. The highest BCUT2D eigenvalue weighted by atomic mass is 79.9. The van der Waals surface area contributed by atoms with Crippen molar-refractivity contribution in [1.82, 2.24) is 4.98 Å². The molecule has 1 aromatic rings. The summed E-state index contributed by atoms with van der Waals surface area (Å²) in [6.07, 6.45) is 0. The molecule has 0 aliphatic heterocycles. The molecule has 0 aromatic carbocycles. The predicted molar refractivity (Wildman–Crippen MR) is 75.7 cm³/mol. The first kappa shape index (κ1) is 15.6.